The molecule has 1 fully saturated rings. The Hall–Kier alpha value is -3.63. The van der Waals surface area contributed by atoms with Gasteiger partial charge in [-0.1, -0.05) is 18.2 Å². The summed E-state index contributed by atoms with van der Waals surface area (Å²) < 4.78 is 12.4. The van der Waals surface area contributed by atoms with Crippen molar-refractivity contribution in [1.82, 2.24) is 24.8 Å². The summed E-state index contributed by atoms with van der Waals surface area (Å²) in [7, 11) is 4.78. The highest BCUT2D eigenvalue weighted by Gasteiger charge is 2.22. The second kappa shape index (κ2) is 11.6. The Morgan fingerprint density at radius 2 is 1.97 bits per heavy atom. The maximum atomic E-state index is 13.8. The molecular weight excluding hydrogens is 496 g/mol. The first-order valence-corrected chi connectivity index (χ1v) is 12.4. The lowest BCUT2D eigenvalue weighted by molar-refractivity contribution is -0.127. The van der Waals surface area contributed by atoms with E-state index in [9.17, 15) is 9.59 Å². The molecule has 1 aliphatic rings. The van der Waals surface area contributed by atoms with Gasteiger partial charge in [0.15, 0.2) is 0 Å². The number of pyridine rings is 1. The van der Waals surface area contributed by atoms with Crippen molar-refractivity contribution in [2.24, 2.45) is 0 Å². The van der Waals surface area contributed by atoms with Crippen LogP contribution in [0.4, 0.5) is 5.95 Å². The quantitative estimate of drug-likeness (QED) is 0.409. The van der Waals surface area contributed by atoms with E-state index < -0.39 is 0 Å². The molecule has 1 aliphatic heterocycles. The Labute approximate surface area is 220 Å². The number of benzene rings is 1. The van der Waals surface area contributed by atoms with Gasteiger partial charge in [-0.05, 0) is 31.1 Å². The summed E-state index contributed by atoms with van der Waals surface area (Å²) in [5.41, 5.74) is 1.18. The zero-order valence-corrected chi connectivity index (χ0v) is 22.0. The van der Waals surface area contributed by atoms with Crippen LogP contribution in [-0.4, -0.2) is 72.3 Å². The van der Waals surface area contributed by atoms with Crippen LogP contribution in [0.1, 0.15) is 12.8 Å². The summed E-state index contributed by atoms with van der Waals surface area (Å²) in [6.45, 7) is 5.84. The molecule has 0 bridgehead atoms. The molecule has 37 heavy (non-hydrogen) atoms. The van der Waals surface area contributed by atoms with Crippen LogP contribution in [0, 0.1) is 0 Å². The number of carbonyl (C=O) groups is 1. The summed E-state index contributed by atoms with van der Waals surface area (Å²) in [5.74, 6) is 1.31. The van der Waals surface area contributed by atoms with E-state index in [2.05, 4.69) is 27.2 Å². The minimum absolute atomic E-state index is 0.0406. The van der Waals surface area contributed by atoms with Crippen molar-refractivity contribution in [3.8, 4) is 22.6 Å². The van der Waals surface area contributed by atoms with Gasteiger partial charge in [0, 0.05) is 68.0 Å². The molecule has 1 aromatic carbocycles. The first kappa shape index (κ1) is 26.4. The standard InChI is InChI=1S/C26H31ClN6O4/c1-5-22(34)32-9-6-17(7-10-32)29-8-11-33-24-16(15-30-26(28-2)31-24)12-20(25(33)35)19-13-18(36-3)14-21(37-4)23(19)27/h5,12-15,17,29H,1,6-11H2,2-4H3,(H,28,30,31). The number of carbonyl (C=O) groups excluding carboxylic acids is 1. The summed E-state index contributed by atoms with van der Waals surface area (Å²) in [6.07, 6.45) is 4.70. The number of piperidine rings is 1. The van der Waals surface area contributed by atoms with E-state index in [4.69, 9.17) is 21.1 Å². The minimum atomic E-state index is -0.237. The van der Waals surface area contributed by atoms with Gasteiger partial charge in [0.2, 0.25) is 11.9 Å². The fraction of sp³-hybridized carbons (Fsp3) is 0.385. The number of likely N-dealkylation sites (tertiary alicyclic amines) is 1. The van der Waals surface area contributed by atoms with Gasteiger partial charge in [0.25, 0.3) is 5.56 Å². The van der Waals surface area contributed by atoms with Gasteiger partial charge in [0.05, 0.1) is 19.2 Å². The zero-order valence-electron chi connectivity index (χ0n) is 21.2. The number of halogens is 1. The van der Waals surface area contributed by atoms with Crippen LogP contribution in [0.3, 0.4) is 0 Å². The Morgan fingerprint density at radius 3 is 2.62 bits per heavy atom. The summed E-state index contributed by atoms with van der Waals surface area (Å²) in [4.78, 5) is 36.4. The number of nitrogens with one attached hydrogen (secondary N) is 2. The molecule has 0 atom stereocenters. The smallest absolute Gasteiger partial charge is 0.260 e. The number of anilines is 1. The van der Waals surface area contributed by atoms with E-state index in [1.165, 1.54) is 13.2 Å². The van der Waals surface area contributed by atoms with Crippen molar-refractivity contribution < 1.29 is 14.3 Å². The van der Waals surface area contributed by atoms with Crippen LogP contribution < -0.4 is 25.7 Å². The van der Waals surface area contributed by atoms with Gasteiger partial charge in [-0.25, -0.2) is 4.98 Å². The van der Waals surface area contributed by atoms with Gasteiger partial charge in [-0.3, -0.25) is 14.2 Å². The van der Waals surface area contributed by atoms with E-state index in [1.54, 1.807) is 48.0 Å². The molecule has 1 amide bonds. The molecule has 0 saturated carbocycles. The highest BCUT2D eigenvalue weighted by Crippen LogP contribution is 2.38. The van der Waals surface area contributed by atoms with Crippen LogP contribution in [0.2, 0.25) is 5.02 Å². The number of rotatable bonds is 9. The van der Waals surface area contributed by atoms with Gasteiger partial charge in [-0.15, -0.1) is 0 Å². The first-order chi connectivity index (χ1) is 17.9. The molecule has 2 N–H and O–H groups in total. The average molecular weight is 527 g/mol. The summed E-state index contributed by atoms with van der Waals surface area (Å²) in [6, 6.07) is 5.38. The molecule has 196 valence electrons. The number of ether oxygens (including phenoxy) is 2. The average Bonchev–Trinajstić information content (AvgIpc) is 2.93. The van der Waals surface area contributed by atoms with Crippen LogP contribution in [-0.2, 0) is 11.3 Å². The second-order valence-corrected chi connectivity index (χ2v) is 9.06. The van der Waals surface area contributed by atoms with E-state index in [-0.39, 0.29) is 17.5 Å². The van der Waals surface area contributed by atoms with Crippen LogP contribution >= 0.6 is 11.6 Å². The highest BCUT2D eigenvalue weighted by molar-refractivity contribution is 6.35. The van der Waals surface area contributed by atoms with Gasteiger partial charge in [-0.2, -0.15) is 4.98 Å². The molecule has 10 nitrogen and oxygen atoms in total. The molecule has 0 unspecified atom stereocenters. The number of aromatic nitrogens is 3. The van der Waals surface area contributed by atoms with Crippen molar-refractivity contribution in [1.29, 1.82) is 0 Å². The molecule has 3 aromatic rings. The maximum absolute atomic E-state index is 13.8. The fourth-order valence-corrected chi connectivity index (χ4v) is 4.82. The largest absolute Gasteiger partial charge is 0.497 e. The molecule has 4 rings (SSSR count). The monoisotopic (exact) mass is 526 g/mol. The van der Waals surface area contributed by atoms with Crippen molar-refractivity contribution in [3.63, 3.8) is 0 Å². The van der Waals surface area contributed by atoms with E-state index >= 15 is 0 Å². The van der Waals surface area contributed by atoms with Crippen molar-refractivity contribution in [2.75, 3.05) is 46.2 Å². The minimum Gasteiger partial charge on any atom is -0.497 e. The molecule has 0 aliphatic carbocycles. The van der Waals surface area contributed by atoms with Crippen molar-refractivity contribution >= 4 is 34.5 Å². The highest BCUT2D eigenvalue weighted by atomic mass is 35.5. The number of hydrogen-bond donors (Lipinski definition) is 2. The first-order valence-electron chi connectivity index (χ1n) is 12.0. The second-order valence-electron chi connectivity index (χ2n) is 8.69. The van der Waals surface area contributed by atoms with Gasteiger partial charge >= 0.3 is 0 Å². The normalized spacial score (nSPS) is 14.0. The molecule has 2 aromatic heterocycles. The number of amides is 1. The third-order valence-electron chi connectivity index (χ3n) is 6.56. The lowest BCUT2D eigenvalue weighted by atomic mass is 10.0. The lowest BCUT2D eigenvalue weighted by Gasteiger charge is -2.32. The number of methoxy groups -OCH3 is 2. The molecule has 0 spiro atoms. The maximum Gasteiger partial charge on any atom is 0.260 e. The van der Waals surface area contributed by atoms with Crippen molar-refractivity contribution in [2.45, 2.75) is 25.4 Å². The van der Waals surface area contributed by atoms with E-state index in [1.807, 2.05) is 0 Å². The molecule has 11 heteroatoms. The fourth-order valence-electron chi connectivity index (χ4n) is 4.53. The third kappa shape index (κ3) is 5.55. The van der Waals surface area contributed by atoms with E-state index in [0.717, 1.165) is 12.8 Å². The molecular formula is C26H31ClN6O4. The Kier molecular flexibility index (Phi) is 8.30. The van der Waals surface area contributed by atoms with Crippen molar-refractivity contribution in [3.05, 3.63) is 52.4 Å². The topological polar surface area (TPSA) is 111 Å². The summed E-state index contributed by atoms with van der Waals surface area (Å²) >= 11 is 6.63. The predicted octanol–water partition coefficient (Wildman–Crippen LogP) is 2.94. The number of hydrogen-bond acceptors (Lipinski definition) is 8. The van der Waals surface area contributed by atoms with Gasteiger partial charge < -0.3 is 25.0 Å². The molecule has 0 radical (unpaired) electrons. The SMILES string of the molecule is C=CC(=O)N1CCC(NCCn2c(=O)c(-c3cc(OC)cc(OC)c3Cl)cc3cnc(NC)nc32)CC1. The third-order valence-corrected chi connectivity index (χ3v) is 6.95. The predicted molar refractivity (Wildman–Crippen MR) is 145 cm³/mol. The molecule has 1 saturated heterocycles. The van der Waals surface area contributed by atoms with E-state index in [0.29, 0.717) is 70.8 Å². The Bertz CT molecular complexity index is 1370. The Balaban J connectivity index is 1.67. The summed E-state index contributed by atoms with van der Waals surface area (Å²) in [5, 5.41) is 7.47. The Morgan fingerprint density at radius 1 is 1.22 bits per heavy atom. The lowest BCUT2D eigenvalue weighted by Crippen LogP contribution is -2.45. The van der Waals surface area contributed by atoms with Gasteiger partial charge in [0.1, 0.15) is 17.1 Å². The van der Waals surface area contributed by atoms with Crippen LogP contribution in [0.15, 0.2) is 41.8 Å². The van der Waals surface area contributed by atoms with Crippen LogP contribution in [0.5, 0.6) is 11.5 Å². The number of nitrogens with zero attached hydrogens (tertiary/aromatic N) is 4. The van der Waals surface area contributed by atoms with Crippen LogP contribution in [0.25, 0.3) is 22.2 Å². The molecule has 3 heterocycles. The zero-order chi connectivity index (χ0) is 26.5. The number of fused-ring (bicyclic) bond motifs is 1.